The Bertz CT molecular complexity index is 1260. The largest absolute Gasteiger partial charge is 0.497 e. The average molecular weight is 456 g/mol. The second-order valence-corrected chi connectivity index (χ2v) is 8.84. The lowest BCUT2D eigenvalue weighted by Crippen LogP contribution is -2.25. The Morgan fingerprint density at radius 1 is 0.971 bits per heavy atom. The Kier molecular flexibility index (Phi) is 7.63. The zero-order chi connectivity index (χ0) is 23.9. The van der Waals surface area contributed by atoms with E-state index in [4.69, 9.17) is 9.72 Å². The van der Waals surface area contributed by atoms with Crippen molar-refractivity contribution >= 4 is 16.9 Å². The molecular formula is C29H33N3O2. The van der Waals surface area contributed by atoms with Crippen LogP contribution in [0.4, 0.5) is 0 Å². The summed E-state index contributed by atoms with van der Waals surface area (Å²) in [5, 5.41) is 3.06. The Morgan fingerprint density at radius 2 is 1.76 bits per heavy atom. The molecule has 1 aromatic heterocycles. The summed E-state index contributed by atoms with van der Waals surface area (Å²) in [6, 6.07) is 22.5. The number of ether oxygens (including phenoxy) is 1. The van der Waals surface area contributed by atoms with E-state index in [1.165, 1.54) is 11.1 Å². The highest BCUT2D eigenvalue weighted by atomic mass is 16.5. The number of benzene rings is 3. The molecule has 176 valence electrons. The molecule has 1 amide bonds. The number of fused-ring (bicyclic) bond motifs is 1. The van der Waals surface area contributed by atoms with Crippen LogP contribution in [0.3, 0.4) is 0 Å². The minimum absolute atomic E-state index is 0.0128. The van der Waals surface area contributed by atoms with Gasteiger partial charge >= 0.3 is 0 Å². The zero-order valence-electron chi connectivity index (χ0n) is 20.3. The molecule has 3 aromatic carbocycles. The summed E-state index contributed by atoms with van der Waals surface area (Å²) in [4.78, 5) is 17.4. The standard InChI is InChI=1S/C29H33N3O2/c1-21-12-17-25(22(2)19-21)29(33)30-18-8-4-5-11-28-31-26-9-6-7-10-27(26)32(28)20-23-13-15-24(34-3)16-14-23/h6-7,9-10,12-17,19H,4-5,8,11,18,20H2,1-3H3,(H,30,33). The van der Waals surface area contributed by atoms with Crippen LogP contribution in [-0.2, 0) is 13.0 Å². The molecule has 0 bridgehead atoms. The summed E-state index contributed by atoms with van der Waals surface area (Å²) < 4.78 is 7.61. The van der Waals surface area contributed by atoms with Crippen molar-refractivity contribution in [1.82, 2.24) is 14.9 Å². The van der Waals surface area contributed by atoms with Gasteiger partial charge in [-0.25, -0.2) is 4.98 Å². The molecule has 0 unspecified atom stereocenters. The first-order valence-corrected chi connectivity index (χ1v) is 12.0. The van der Waals surface area contributed by atoms with Gasteiger partial charge in [0.15, 0.2) is 0 Å². The maximum Gasteiger partial charge on any atom is 0.251 e. The molecule has 0 fully saturated rings. The number of hydrogen-bond acceptors (Lipinski definition) is 3. The number of imidazole rings is 1. The van der Waals surface area contributed by atoms with Crippen molar-refractivity contribution < 1.29 is 9.53 Å². The van der Waals surface area contributed by atoms with Crippen molar-refractivity contribution in [2.75, 3.05) is 13.7 Å². The van der Waals surface area contributed by atoms with Crippen LogP contribution in [0, 0.1) is 13.8 Å². The van der Waals surface area contributed by atoms with Crippen LogP contribution in [0.5, 0.6) is 5.75 Å². The van der Waals surface area contributed by atoms with Gasteiger partial charge in [-0.1, -0.05) is 48.4 Å². The molecule has 4 aromatic rings. The van der Waals surface area contributed by atoms with Crippen LogP contribution in [0.25, 0.3) is 11.0 Å². The Labute approximate surface area is 201 Å². The van der Waals surface area contributed by atoms with Crippen molar-refractivity contribution in [2.45, 2.75) is 46.1 Å². The third-order valence-electron chi connectivity index (χ3n) is 6.22. The third kappa shape index (κ3) is 5.66. The number of carbonyl (C=O) groups excluding carboxylic acids is 1. The minimum atomic E-state index is 0.0128. The first-order chi connectivity index (χ1) is 16.5. The summed E-state index contributed by atoms with van der Waals surface area (Å²) >= 11 is 0. The van der Waals surface area contributed by atoms with Crippen molar-refractivity contribution in [3.63, 3.8) is 0 Å². The SMILES string of the molecule is COc1ccc(Cn2c(CCCCCNC(=O)c3ccc(C)cc3C)nc3ccccc32)cc1. The van der Waals surface area contributed by atoms with Crippen LogP contribution in [0.15, 0.2) is 66.7 Å². The fourth-order valence-electron chi connectivity index (χ4n) is 4.36. The zero-order valence-corrected chi connectivity index (χ0v) is 20.3. The highest BCUT2D eigenvalue weighted by molar-refractivity contribution is 5.95. The minimum Gasteiger partial charge on any atom is -0.497 e. The number of hydrogen-bond donors (Lipinski definition) is 1. The predicted molar refractivity (Wildman–Crippen MR) is 138 cm³/mol. The fraction of sp³-hybridized carbons (Fsp3) is 0.310. The van der Waals surface area contributed by atoms with Gasteiger partial charge < -0.3 is 14.6 Å². The van der Waals surface area contributed by atoms with Gasteiger partial charge in [0.2, 0.25) is 0 Å². The molecule has 4 rings (SSSR count). The van der Waals surface area contributed by atoms with E-state index in [2.05, 4.69) is 40.2 Å². The van der Waals surface area contributed by atoms with Gasteiger partial charge in [0.25, 0.3) is 5.91 Å². The van der Waals surface area contributed by atoms with Crippen LogP contribution < -0.4 is 10.1 Å². The van der Waals surface area contributed by atoms with E-state index in [9.17, 15) is 4.79 Å². The average Bonchev–Trinajstić information content (AvgIpc) is 3.18. The lowest BCUT2D eigenvalue weighted by Gasteiger charge is -2.11. The number of unbranched alkanes of at least 4 members (excludes halogenated alkanes) is 2. The number of para-hydroxylation sites is 2. The number of nitrogens with zero attached hydrogens (tertiary/aromatic N) is 2. The van der Waals surface area contributed by atoms with Gasteiger partial charge in [-0.05, 0) is 68.1 Å². The Hall–Kier alpha value is -3.60. The fourth-order valence-corrected chi connectivity index (χ4v) is 4.36. The Balaban J connectivity index is 1.32. The number of aromatic nitrogens is 2. The van der Waals surface area contributed by atoms with Crippen LogP contribution in [0.1, 0.15) is 52.1 Å². The summed E-state index contributed by atoms with van der Waals surface area (Å²) in [5.41, 5.74) is 6.37. The van der Waals surface area contributed by atoms with Gasteiger partial charge in [-0.2, -0.15) is 0 Å². The highest BCUT2D eigenvalue weighted by Crippen LogP contribution is 2.21. The van der Waals surface area contributed by atoms with Crippen molar-refractivity contribution in [3.05, 3.63) is 94.8 Å². The molecule has 0 aliphatic carbocycles. The lowest BCUT2D eigenvalue weighted by molar-refractivity contribution is 0.0952. The maximum atomic E-state index is 12.5. The molecule has 34 heavy (non-hydrogen) atoms. The van der Waals surface area contributed by atoms with E-state index in [0.717, 1.165) is 66.0 Å². The molecule has 1 heterocycles. The predicted octanol–water partition coefficient (Wildman–Crippen LogP) is 5.85. The molecule has 0 atom stereocenters. The van der Waals surface area contributed by atoms with Gasteiger partial charge in [0, 0.05) is 25.1 Å². The van der Waals surface area contributed by atoms with E-state index < -0.39 is 0 Å². The van der Waals surface area contributed by atoms with Gasteiger partial charge in [0.1, 0.15) is 11.6 Å². The van der Waals surface area contributed by atoms with Gasteiger partial charge in [-0.15, -0.1) is 0 Å². The molecule has 5 nitrogen and oxygen atoms in total. The van der Waals surface area contributed by atoms with E-state index in [0.29, 0.717) is 6.54 Å². The van der Waals surface area contributed by atoms with Crippen molar-refractivity contribution in [1.29, 1.82) is 0 Å². The molecular weight excluding hydrogens is 422 g/mol. The van der Waals surface area contributed by atoms with Gasteiger partial charge in [0.05, 0.1) is 18.1 Å². The molecule has 0 spiro atoms. The van der Waals surface area contributed by atoms with E-state index >= 15 is 0 Å². The normalized spacial score (nSPS) is 11.0. The monoisotopic (exact) mass is 455 g/mol. The van der Waals surface area contributed by atoms with Gasteiger partial charge in [-0.3, -0.25) is 4.79 Å². The molecule has 1 N–H and O–H groups in total. The van der Waals surface area contributed by atoms with Crippen LogP contribution in [0.2, 0.25) is 0 Å². The molecule has 5 heteroatoms. The number of rotatable bonds is 10. The maximum absolute atomic E-state index is 12.5. The molecule has 0 saturated carbocycles. The smallest absolute Gasteiger partial charge is 0.251 e. The summed E-state index contributed by atoms with van der Waals surface area (Å²) in [6.45, 7) is 5.50. The summed E-state index contributed by atoms with van der Waals surface area (Å²) in [6.07, 6.45) is 3.94. The number of amides is 1. The highest BCUT2D eigenvalue weighted by Gasteiger charge is 2.11. The number of carbonyl (C=O) groups is 1. The molecule has 0 aliphatic heterocycles. The second kappa shape index (κ2) is 11.0. The van der Waals surface area contributed by atoms with E-state index in [-0.39, 0.29) is 5.91 Å². The van der Waals surface area contributed by atoms with E-state index in [1.807, 2.05) is 50.2 Å². The van der Waals surface area contributed by atoms with Crippen LogP contribution >= 0.6 is 0 Å². The van der Waals surface area contributed by atoms with E-state index in [1.54, 1.807) is 7.11 Å². The number of nitrogens with one attached hydrogen (secondary N) is 1. The molecule has 0 radical (unpaired) electrons. The lowest BCUT2D eigenvalue weighted by atomic mass is 10.1. The first-order valence-electron chi connectivity index (χ1n) is 12.0. The number of aryl methyl sites for hydroxylation is 3. The second-order valence-electron chi connectivity index (χ2n) is 8.84. The van der Waals surface area contributed by atoms with Crippen LogP contribution in [-0.4, -0.2) is 29.1 Å². The quantitative estimate of drug-likeness (QED) is 0.305. The Morgan fingerprint density at radius 3 is 2.53 bits per heavy atom. The van der Waals surface area contributed by atoms with Crippen molar-refractivity contribution in [3.8, 4) is 5.75 Å². The first kappa shape index (κ1) is 23.6. The number of methoxy groups -OCH3 is 1. The molecule has 0 aliphatic rings. The summed E-state index contributed by atoms with van der Waals surface area (Å²) in [7, 11) is 1.69. The summed E-state index contributed by atoms with van der Waals surface area (Å²) in [5.74, 6) is 1.99. The van der Waals surface area contributed by atoms with Crippen molar-refractivity contribution in [2.24, 2.45) is 0 Å². The third-order valence-corrected chi connectivity index (χ3v) is 6.22. The molecule has 0 saturated heterocycles. The topological polar surface area (TPSA) is 56.1 Å².